The molecule has 0 aliphatic rings. The minimum Gasteiger partial charge on any atom is -0.438 e. The number of halogens is 1. The van der Waals surface area contributed by atoms with Gasteiger partial charge in [-0.15, -0.1) is 0 Å². The minimum absolute atomic E-state index is 0.351. The smallest absolute Gasteiger partial charge is 0.227 e. The van der Waals surface area contributed by atoms with Crippen molar-refractivity contribution in [2.75, 3.05) is 13.1 Å². The lowest BCUT2D eigenvalue weighted by molar-refractivity contribution is 0.0939. The van der Waals surface area contributed by atoms with Crippen LogP contribution in [-0.2, 0) is 6.54 Å². The highest BCUT2D eigenvalue weighted by atomic mass is 19.1. The number of nitrogens with zero attached hydrogens (tertiary/aromatic N) is 3. The van der Waals surface area contributed by atoms with Gasteiger partial charge in [-0.25, -0.2) is 9.07 Å². The predicted octanol–water partition coefficient (Wildman–Crippen LogP) is 5.73. The molecule has 0 fully saturated rings. The van der Waals surface area contributed by atoms with E-state index in [0.29, 0.717) is 30.6 Å². The van der Waals surface area contributed by atoms with Crippen molar-refractivity contribution in [3.63, 3.8) is 0 Å². The monoisotopic (exact) mass is 439 g/mol. The molecule has 32 heavy (non-hydrogen) atoms. The van der Waals surface area contributed by atoms with E-state index in [4.69, 9.17) is 9.84 Å². The Labute approximate surface area is 190 Å². The molecule has 0 spiro atoms. The van der Waals surface area contributed by atoms with Gasteiger partial charge in [0.1, 0.15) is 11.6 Å². The molecule has 5 nitrogen and oxygen atoms in total. The third kappa shape index (κ3) is 6.40. The van der Waals surface area contributed by atoms with Crippen LogP contribution < -0.4 is 4.74 Å². The number of hydrogen-bond acceptors (Lipinski definition) is 4. The molecule has 1 heterocycles. The largest absolute Gasteiger partial charge is 0.438 e. The summed E-state index contributed by atoms with van der Waals surface area (Å²) < 4.78 is 21.8. The van der Waals surface area contributed by atoms with Gasteiger partial charge in [0.25, 0.3) is 0 Å². The van der Waals surface area contributed by atoms with Gasteiger partial charge in [-0.2, -0.15) is 5.10 Å². The number of ether oxygens (including phenoxy) is 1. The molecule has 0 radical (unpaired) electrons. The summed E-state index contributed by atoms with van der Waals surface area (Å²) in [7, 11) is 0. The summed E-state index contributed by atoms with van der Waals surface area (Å²) in [4.78, 5) is 2.25. The highest BCUT2D eigenvalue weighted by Gasteiger charge is 2.23. The highest BCUT2D eigenvalue weighted by molar-refractivity contribution is 5.43. The van der Waals surface area contributed by atoms with Crippen molar-refractivity contribution < 1.29 is 14.2 Å². The summed E-state index contributed by atoms with van der Waals surface area (Å²) in [6.07, 6.45) is 1.33. The summed E-state index contributed by atoms with van der Waals surface area (Å²) in [6, 6.07) is 15.9. The second kappa shape index (κ2) is 11.2. The van der Waals surface area contributed by atoms with Gasteiger partial charge in [-0.1, -0.05) is 51.5 Å². The maximum Gasteiger partial charge on any atom is 0.227 e. The van der Waals surface area contributed by atoms with E-state index in [2.05, 4.69) is 25.7 Å². The summed E-state index contributed by atoms with van der Waals surface area (Å²) in [5.41, 5.74) is 2.65. The Morgan fingerprint density at radius 2 is 1.84 bits per heavy atom. The zero-order valence-corrected chi connectivity index (χ0v) is 19.5. The zero-order valence-electron chi connectivity index (χ0n) is 19.5. The molecule has 3 aromatic rings. The fraction of sp³-hybridized carbons (Fsp3) is 0.423. The normalized spacial score (nSPS) is 12.5. The van der Waals surface area contributed by atoms with Crippen molar-refractivity contribution in [2.45, 2.75) is 53.2 Å². The second-order valence-corrected chi connectivity index (χ2v) is 8.71. The van der Waals surface area contributed by atoms with Gasteiger partial charge in [-0.05, 0) is 43.5 Å². The first-order valence-electron chi connectivity index (χ1n) is 11.3. The second-order valence-electron chi connectivity index (χ2n) is 8.71. The first-order valence-corrected chi connectivity index (χ1v) is 11.3. The van der Waals surface area contributed by atoms with E-state index in [1.807, 2.05) is 37.3 Å². The Kier molecular flexibility index (Phi) is 8.42. The van der Waals surface area contributed by atoms with Crippen LogP contribution in [0.4, 0.5) is 4.39 Å². The number of aryl methyl sites for hydroxylation is 1. The molecule has 2 aromatic carbocycles. The van der Waals surface area contributed by atoms with Crippen molar-refractivity contribution in [2.24, 2.45) is 5.92 Å². The maximum atomic E-state index is 13.8. The lowest BCUT2D eigenvalue weighted by Gasteiger charge is -2.27. The molecule has 0 saturated carbocycles. The number of aromatic nitrogens is 2. The molecule has 1 atom stereocenters. The van der Waals surface area contributed by atoms with Crippen LogP contribution in [0, 0.1) is 18.7 Å². The van der Waals surface area contributed by atoms with E-state index in [1.54, 1.807) is 16.8 Å². The van der Waals surface area contributed by atoms with Crippen molar-refractivity contribution in [1.82, 2.24) is 14.7 Å². The predicted molar refractivity (Wildman–Crippen MR) is 126 cm³/mol. The standard InChI is InChI=1S/C26H34FN3O2/c1-5-10-23(31)17-29(16-19(2)3)18-25-20(4)28-30(22-12-7-6-8-13-22)26(25)32-24-14-9-11-21(27)15-24/h6-9,11-15,19,23,31H,5,10,16-18H2,1-4H3/t23-/m0/s1. The van der Waals surface area contributed by atoms with Crippen LogP contribution in [0.25, 0.3) is 5.69 Å². The topological polar surface area (TPSA) is 50.5 Å². The Morgan fingerprint density at radius 3 is 2.50 bits per heavy atom. The molecule has 0 aliphatic heterocycles. The fourth-order valence-corrected chi connectivity index (χ4v) is 3.88. The zero-order chi connectivity index (χ0) is 23.1. The number of hydrogen-bond donors (Lipinski definition) is 1. The molecule has 0 saturated heterocycles. The van der Waals surface area contributed by atoms with Gasteiger partial charge in [0.05, 0.1) is 23.0 Å². The molecule has 172 valence electrons. The quantitative estimate of drug-likeness (QED) is 0.414. The fourth-order valence-electron chi connectivity index (χ4n) is 3.88. The van der Waals surface area contributed by atoms with E-state index in [-0.39, 0.29) is 11.9 Å². The Hall–Kier alpha value is -2.70. The van der Waals surface area contributed by atoms with E-state index in [1.165, 1.54) is 12.1 Å². The molecule has 3 rings (SSSR count). The molecule has 0 aliphatic carbocycles. The average molecular weight is 440 g/mol. The number of para-hydroxylation sites is 1. The van der Waals surface area contributed by atoms with Crippen molar-refractivity contribution >= 4 is 0 Å². The molecule has 0 unspecified atom stereocenters. The number of aliphatic hydroxyl groups is 1. The Morgan fingerprint density at radius 1 is 1.09 bits per heavy atom. The van der Waals surface area contributed by atoms with Crippen LogP contribution in [0.15, 0.2) is 54.6 Å². The van der Waals surface area contributed by atoms with Gasteiger partial charge < -0.3 is 9.84 Å². The number of rotatable bonds is 11. The van der Waals surface area contributed by atoms with Crippen molar-refractivity contribution in [3.05, 3.63) is 71.7 Å². The van der Waals surface area contributed by atoms with Gasteiger partial charge in [0.15, 0.2) is 0 Å². The number of aliphatic hydroxyl groups excluding tert-OH is 1. The molecule has 0 amide bonds. The Bertz CT molecular complexity index is 988. The lowest BCUT2D eigenvalue weighted by Crippen LogP contribution is -2.35. The summed E-state index contributed by atoms with van der Waals surface area (Å²) >= 11 is 0. The Balaban J connectivity index is 2.00. The molecular formula is C26H34FN3O2. The van der Waals surface area contributed by atoms with Gasteiger partial charge in [-0.3, -0.25) is 4.90 Å². The van der Waals surface area contributed by atoms with Crippen LogP contribution >= 0.6 is 0 Å². The van der Waals surface area contributed by atoms with Crippen molar-refractivity contribution in [1.29, 1.82) is 0 Å². The van der Waals surface area contributed by atoms with E-state index >= 15 is 0 Å². The van der Waals surface area contributed by atoms with Gasteiger partial charge in [0.2, 0.25) is 5.88 Å². The van der Waals surface area contributed by atoms with Gasteiger partial charge >= 0.3 is 0 Å². The molecule has 0 bridgehead atoms. The van der Waals surface area contributed by atoms with Gasteiger partial charge in [0, 0.05) is 25.7 Å². The first-order chi connectivity index (χ1) is 15.4. The van der Waals surface area contributed by atoms with E-state index in [9.17, 15) is 9.50 Å². The van der Waals surface area contributed by atoms with Crippen LogP contribution in [0.1, 0.15) is 44.9 Å². The van der Waals surface area contributed by atoms with Crippen LogP contribution in [-0.4, -0.2) is 39.0 Å². The third-order valence-electron chi connectivity index (χ3n) is 5.24. The average Bonchev–Trinajstić information content (AvgIpc) is 3.04. The van der Waals surface area contributed by atoms with E-state index in [0.717, 1.165) is 36.3 Å². The lowest BCUT2D eigenvalue weighted by atomic mass is 10.1. The third-order valence-corrected chi connectivity index (χ3v) is 5.24. The molecule has 1 aromatic heterocycles. The molecular weight excluding hydrogens is 405 g/mol. The van der Waals surface area contributed by atoms with Crippen LogP contribution in [0.2, 0.25) is 0 Å². The van der Waals surface area contributed by atoms with Crippen molar-refractivity contribution in [3.8, 4) is 17.3 Å². The summed E-state index contributed by atoms with van der Waals surface area (Å²) in [5.74, 6) is 1.08. The van der Waals surface area contributed by atoms with Crippen LogP contribution in [0.5, 0.6) is 11.6 Å². The minimum atomic E-state index is -0.379. The van der Waals surface area contributed by atoms with E-state index < -0.39 is 0 Å². The highest BCUT2D eigenvalue weighted by Crippen LogP contribution is 2.32. The summed E-state index contributed by atoms with van der Waals surface area (Å²) in [5, 5.41) is 15.2. The first kappa shape index (κ1) is 24.0. The number of benzene rings is 2. The maximum absolute atomic E-state index is 13.8. The van der Waals surface area contributed by atoms with Crippen LogP contribution in [0.3, 0.4) is 0 Å². The molecule has 6 heteroatoms. The summed E-state index contributed by atoms with van der Waals surface area (Å²) in [6.45, 7) is 10.4. The molecule has 1 N–H and O–H groups in total. The SMILES string of the molecule is CCC[C@H](O)CN(Cc1c(C)nn(-c2ccccc2)c1Oc1cccc(F)c1)CC(C)C.